The summed E-state index contributed by atoms with van der Waals surface area (Å²) in [6.07, 6.45) is -5.01. The van der Waals surface area contributed by atoms with E-state index in [1.165, 1.54) is 18.2 Å². The lowest BCUT2D eigenvalue weighted by Gasteiger charge is -2.04. The van der Waals surface area contributed by atoms with E-state index in [9.17, 15) is 18.0 Å². The Labute approximate surface area is 92.3 Å². The number of hydrogen-bond donors (Lipinski definition) is 0. The van der Waals surface area contributed by atoms with Crippen molar-refractivity contribution in [3.05, 3.63) is 29.6 Å². The fraction of sp³-hybridized carbons (Fsp3) is 0.111. The summed E-state index contributed by atoms with van der Waals surface area (Å²) in [5.74, 6) is -2.12. The van der Waals surface area contributed by atoms with Crippen LogP contribution in [0.1, 0.15) is 4.79 Å². The number of carbonyl (C=O) groups is 1. The SMILES string of the molecule is [C-]#[N+]c1ccc2c(c1)nnn2C(=O)C(F)(F)F. The molecule has 1 aromatic carbocycles. The second kappa shape index (κ2) is 3.55. The predicted octanol–water partition coefficient (Wildman–Crippen LogP) is 2.18. The first kappa shape index (κ1) is 11.1. The van der Waals surface area contributed by atoms with Crippen molar-refractivity contribution in [3.8, 4) is 0 Å². The molecule has 8 heteroatoms. The van der Waals surface area contributed by atoms with Crippen molar-refractivity contribution in [2.24, 2.45) is 0 Å². The smallest absolute Gasteiger partial charge is 0.262 e. The molecule has 2 aromatic rings. The van der Waals surface area contributed by atoms with Crippen LogP contribution in [0.2, 0.25) is 0 Å². The van der Waals surface area contributed by atoms with Gasteiger partial charge in [0.15, 0.2) is 5.69 Å². The van der Waals surface area contributed by atoms with Gasteiger partial charge in [0, 0.05) is 0 Å². The maximum Gasteiger partial charge on any atom is 0.473 e. The van der Waals surface area contributed by atoms with Gasteiger partial charge in [0.25, 0.3) is 0 Å². The topological polar surface area (TPSA) is 52.1 Å². The quantitative estimate of drug-likeness (QED) is 0.663. The Morgan fingerprint density at radius 3 is 2.71 bits per heavy atom. The lowest BCUT2D eigenvalue weighted by Crippen LogP contribution is -2.29. The van der Waals surface area contributed by atoms with Crippen molar-refractivity contribution < 1.29 is 18.0 Å². The zero-order valence-electron chi connectivity index (χ0n) is 8.06. The van der Waals surface area contributed by atoms with Gasteiger partial charge < -0.3 is 0 Å². The van der Waals surface area contributed by atoms with E-state index in [4.69, 9.17) is 6.57 Å². The standard InChI is InChI=1S/C9H3F3N4O/c1-13-5-2-3-7-6(4-5)14-15-16(7)8(17)9(10,11)12/h2-4H. The number of aromatic nitrogens is 3. The Bertz CT molecular complexity index is 638. The van der Waals surface area contributed by atoms with Gasteiger partial charge >= 0.3 is 12.1 Å². The van der Waals surface area contributed by atoms with Gasteiger partial charge in [-0.15, -0.1) is 5.10 Å². The van der Waals surface area contributed by atoms with Gasteiger partial charge in [0.1, 0.15) is 5.52 Å². The predicted molar refractivity (Wildman–Crippen MR) is 50.5 cm³/mol. The van der Waals surface area contributed by atoms with Crippen LogP contribution in [-0.2, 0) is 0 Å². The second-order valence-corrected chi connectivity index (χ2v) is 3.09. The third-order valence-corrected chi connectivity index (χ3v) is 1.99. The molecule has 17 heavy (non-hydrogen) atoms. The van der Waals surface area contributed by atoms with Crippen molar-refractivity contribution >= 4 is 22.6 Å². The van der Waals surface area contributed by atoms with Gasteiger partial charge in [-0.1, -0.05) is 11.3 Å². The van der Waals surface area contributed by atoms with Gasteiger partial charge in [-0.2, -0.15) is 17.9 Å². The highest BCUT2D eigenvalue weighted by molar-refractivity contribution is 5.92. The molecule has 86 valence electrons. The fourth-order valence-corrected chi connectivity index (χ4v) is 1.25. The van der Waals surface area contributed by atoms with Gasteiger partial charge in [-0.05, 0) is 12.1 Å². The van der Waals surface area contributed by atoms with Crippen LogP contribution in [0.25, 0.3) is 15.9 Å². The average Bonchev–Trinajstić information content (AvgIpc) is 2.69. The van der Waals surface area contributed by atoms with Crippen LogP contribution in [0.15, 0.2) is 18.2 Å². The largest absolute Gasteiger partial charge is 0.473 e. The molecular weight excluding hydrogens is 237 g/mol. The van der Waals surface area contributed by atoms with Crippen LogP contribution in [0, 0.1) is 6.57 Å². The first-order valence-corrected chi connectivity index (χ1v) is 4.28. The summed E-state index contributed by atoms with van der Waals surface area (Å²) >= 11 is 0. The highest BCUT2D eigenvalue weighted by atomic mass is 19.4. The van der Waals surface area contributed by atoms with Crippen LogP contribution in [-0.4, -0.2) is 27.1 Å². The summed E-state index contributed by atoms with van der Waals surface area (Å²) in [7, 11) is 0. The van der Waals surface area contributed by atoms with Crippen molar-refractivity contribution in [3.63, 3.8) is 0 Å². The van der Waals surface area contributed by atoms with E-state index in [1.54, 1.807) is 0 Å². The highest BCUT2D eigenvalue weighted by Crippen LogP contribution is 2.23. The Morgan fingerprint density at radius 2 is 2.12 bits per heavy atom. The van der Waals surface area contributed by atoms with Gasteiger partial charge in [0.2, 0.25) is 0 Å². The summed E-state index contributed by atoms with van der Waals surface area (Å²) in [5, 5.41) is 6.54. The summed E-state index contributed by atoms with van der Waals surface area (Å²) < 4.78 is 36.8. The number of hydrogen-bond acceptors (Lipinski definition) is 3. The lowest BCUT2D eigenvalue weighted by molar-refractivity contribution is -0.0953. The molecular formula is C9H3F3N4O. The molecule has 0 aliphatic carbocycles. The number of fused-ring (bicyclic) bond motifs is 1. The van der Waals surface area contributed by atoms with Crippen molar-refractivity contribution in [1.82, 2.24) is 15.0 Å². The molecule has 0 N–H and O–H groups in total. The average molecular weight is 240 g/mol. The third kappa shape index (κ3) is 1.82. The lowest BCUT2D eigenvalue weighted by atomic mass is 10.3. The van der Waals surface area contributed by atoms with Crippen LogP contribution in [0.4, 0.5) is 18.9 Å². The summed E-state index contributed by atoms with van der Waals surface area (Å²) in [4.78, 5) is 14.1. The van der Waals surface area contributed by atoms with Crippen LogP contribution in [0.5, 0.6) is 0 Å². The zero-order valence-corrected chi connectivity index (χ0v) is 8.06. The molecule has 1 aromatic heterocycles. The van der Waals surface area contributed by atoms with Crippen LogP contribution in [0.3, 0.4) is 0 Å². The number of benzene rings is 1. The van der Waals surface area contributed by atoms with Gasteiger partial charge in [0.05, 0.1) is 12.1 Å². The molecule has 0 aliphatic heterocycles. The van der Waals surface area contributed by atoms with Crippen molar-refractivity contribution in [1.29, 1.82) is 0 Å². The molecule has 0 atom stereocenters. The number of carbonyl (C=O) groups excluding carboxylic acids is 1. The second-order valence-electron chi connectivity index (χ2n) is 3.09. The third-order valence-electron chi connectivity index (χ3n) is 1.99. The van der Waals surface area contributed by atoms with E-state index in [1.807, 2.05) is 0 Å². The molecule has 0 amide bonds. The minimum atomic E-state index is -5.01. The maximum absolute atomic E-state index is 12.2. The number of alkyl halides is 3. The maximum atomic E-state index is 12.2. The normalized spacial score (nSPS) is 11.4. The first-order chi connectivity index (χ1) is 7.93. The molecule has 2 rings (SSSR count). The van der Waals surface area contributed by atoms with E-state index < -0.39 is 12.1 Å². The molecule has 0 spiro atoms. The van der Waals surface area contributed by atoms with Gasteiger partial charge in [-0.3, -0.25) is 4.79 Å². The molecule has 0 saturated heterocycles. The van der Waals surface area contributed by atoms with Crippen LogP contribution >= 0.6 is 0 Å². The molecule has 0 bridgehead atoms. The summed E-state index contributed by atoms with van der Waals surface area (Å²) in [6, 6.07) is 3.75. The minimum Gasteiger partial charge on any atom is -0.262 e. The minimum absolute atomic E-state index is 0.0658. The number of rotatable bonds is 0. The highest BCUT2D eigenvalue weighted by Gasteiger charge is 2.41. The van der Waals surface area contributed by atoms with E-state index in [0.717, 1.165) is 0 Å². The molecule has 0 aliphatic rings. The molecule has 5 nitrogen and oxygen atoms in total. The molecule has 0 radical (unpaired) electrons. The monoisotopic (exact) mass is 240 g/mol. The molecule has 1 heterocycles. The number of halogens is 3. The molecule has 0 unspecified atom stereocenters. The summed E-state index contributed by atoms with van der Waals surface area (Å²) in [5.41, 5.74) is 0.194. The van der Waals surface area contributed by atoms with E-state index in [-0.39, 0.29) is 21.4 Å². The Balaban J connectivity index is 2.59. The Kier molecular flexibility index (Phi) is 2.31. The van der Waals surface area contributed by atoms with E-state index in [2.05, 4.69) is 15.2 Å². The zero-order chi connectivity index (χ0) is 12.6. The first-order valence-electron chi connectivity index (χ1n) is 4.28. The van der Waals surface area contributed by atoms with Gasteiger partial charge in [-0.25, -0.2) is 4.85 Å². The number of nitrogens with zero attached hydrogens (tertiary/aromatic N) is 4. The summed E-state index contributed by atoms with van der Waals surface area (Å²) in [6.45, 7) is 6.73. The molecule has 0 saturated carbocycles. The fourth-order valence-electron chi connectivity index (χ4n) is 1.25. The van der Waals surface area contributed by atoms with Crippen molar-refractivity contribution in [2.45, 2.75) is 6.18 Å². The van der Waals surface area contributed by atoms with E-state index >= 15 is 0 Å². The van der Waals surface area contributed by atoms with Crippen molar-refractivity contribution in [2.75, 3.05) is 0 Å². The Morgan fingerprint density at radius 1 is 1.41 bits per heavy atom. The molecule has 0 fully saturated rings. The van der Waals surface area contributed by atoms with E-state index in [0.29, 0.717) is 0 Å². The Hall–Kier alpha value is -2.43. The van der Waals surface area contributed by atoms with Crippen LogP contribution < -0.4 is 0 Å².